The maximum absolute atomic E-state index is 12.7. The monoisotopic (exact) mass is 421 g/mol. The second-order valence-electron chi connectivity index (χ2n) is 4.96. The van der Waals surface area contributed by atoms with Crippen LogP contribution in [0.1, 0.15) is 11.1 Å². The van der Waals surface area contributed by atoms with E-state index in [4.69, 9.17) is 16.3 Å². The standard InChI is InChI=1S/C16H12BrClF3NO2/c1-9-2-5-14(11(17)6-9)24-8-15(23)22-13-7-10(16(19,20)21)3-4-12(13)18/h2-7H,8H2,1H3,(H,22,23). The van der Waals surface area contributed by atoms with Gasteiger partial charge in [-0.25, -0.2) is 0 Å². The highest BCUT2D eigenvalue weighted by atomic mass is 79.9. The molecule has 0 spiro atoms. The summed E-state index contributed by atoms with van der Waals surface area (Å²) < 4.78 is 44.1. The summed E-state index contributed by atoms with van der Waals surface area (Å²) >= 11 is 9.12. The summed E-state index contributed by atoms with van der Waals surface area (Å²) in [7, 11) is 0. The number of halogens is 5. The summed E-state index contributed by atoms with van der Waals surface area (Å²) in [5.41, 5.74) is -0.0121. The highest BCUT2D eigenvalue weighted by Crippen LogP contribution is 2.33. The molecule has 3 nitrogen and oxygen atoms in total. The number of carbonyl (C=O) groups is 1. The Hall–Kier alpha value is -1.73. The molecular formula is C16H12BrClF3NO2. The van der Waals surface area contributed by atoms with Gasteiger partial charge in [0, 0.05) is 0 Å². The van der Waals surface area contributed by atoms with Gasteiger partial charge in [-0.3, -0.25) is 4.79 Å². The lowest BCUT2D eigenvalue weighted by atomic mass is 10.2. The van der Waals surface area contributed by atoms with Crippen molar-refractivity contribution in [3.05, 3.63) is 57.0 Å². The number of carbonyl (C=O) groups excluding carboxylic acids is 1. The summed E-state index contributed by atoms with van der Waals surface area (Å²) in [6.45, 7) is 1.53. The molecular weight excluding hydrogens is 411 g/mol. The van der Waals surface area contributed by atoms with Crippen molar-refractivity contribution in [1.29, 1.82) is 0 Å². The molecule has 1 amide bonds. The number of aryl methyl sites for hydroxylation is 1. The number of benzene rings is 2. The summed E-state index contributed by atoms with van der Waals surface area (Å²) in [5.74, 6) is -0.172. The average Bonchev–Trinajstić information content (AvgIpc) is 2.47. The predicted octanol–water partition coefficient (Wildman–Crippen LogP) is 5.45. The van der Waals surface area contributed by atoms with Gasteiger partial charge < -0.3 is 10.1 Å². The first-order valence-electron chi connectivity index (χ1n) is 6.72. The van der Waals surface area contributed by atoms with Crippen LogP contribution in [0.5, 0.6) is 5.75 Å². The molecule has 8 heteroatoms. The summed E-state index contributed by atoms with van der Waals surface area (Å²) in [5, 5.41) is 2.32. The van der Waals surface area contributed by atoms with E-state index in [0.717, 1.165) is 23.8 Å². The molecule has 0 aliphatic rings. The van der Waals surface area contributed by atoms with Gasteiger partial charge in [-0.1, -0.05) is 17.7 Å². The van der Waals surface area contributed by atoms with Crippen molar-refractivity contribution in [2.45, 2.75) is 13.1 Å². The van der Waals surface area contributed by atoms with E-state index in [9.17, 15) is 18.0 Å². The Balaban J connectivity index is 2.04. The highest BCUT2D eigenvalue weighted by molar-refractivity contribution is 9.10. The number of hydrogen-bond donors (Lipinski definition) is 1. The van der Waals surface area contributed by atoms with E-state index in [2.05, 4.69) is 21.2 Å². The van der Waals surface area contributed by atoms with Crippen molar-refractivity contribution < 1.29 is 22.7 Å². The minimum Gasteiger partial charge on any atom is -0.483 e. The Labute approximate surface area is 149 Å². The van der Waals surface area contributed by atoms with Crippen LogP contribution in [0.4, 0.5) is 18.9 Å². The van der Waals surface area contributed by atoms with Gasteiger partial charge >= 0.3 is 6.18 Å². The van der Waals surface area contributed by atoms with E-state index < -0.39 is 17.6 Å². The summed E-state index contributed by atoms with van der Waals surface area (Å²) in [6, 6.07) is 8.01. The van der Waals surface area contributed by atoms with Gasteiger partial charge in [0.05, 0.1) is 20.7 Å². The van der Waals surface area contributed by atoms with Gasteiger partial charge in [0.2, 0.25) is 0 Å². The van der Waals surface area contributed by atoms with E-state index in [1.807, 2.05) is 19.1 Å². The van der Waals surface area contributed by atoms with Crippen molar-refractivity contribution in [3.8, 4) is 5.75 Å². The van der Waals surface area contributed by atoms with Gasteiger partial charge in [0.25, 0.3) is 5.91 Å². The third-order valence-corrected chi connectivity index (χ3v) is 3.96. The molecule has 0 aliphatic heterocycles. The Bertz CT molecular complexity index is 765. The third kappa shape index (κ3) is 4.88. The number of amides is 1. The number of anilines is 1. The van der Waals surface area contributed by atoms with Crippen molar-refractivity contribution >= 4 is 39.1 Å². The smallest absolute Gasteiger partial charge is 0.416 e. The van der Waals surface area contributed by atoms with Crippen LogP contribution in [0, 0.1) is 6.92 Å². The maximum Gasteiger partial charge on any atom is 0.416 e. The maximum atomic E-state index is 12.7. The number of ether oxygens (including phenoxy) is 1. The number of alkyl halides is 3. The molecule has 0 fully saturated rings. The fraction of sp³-hybridized carbons (Fsp3) is 0.188. The third-order valence-electron chi connectivity index (χ3n) is 3.01. The molecule has 0 radical (unpaired) electrons. The zero-order valence-corrected chi connectivity index (χ0v) is 14.7. The van der Waals surface area contributed by atoms with Gasteiger partial charge in [0.1, 0.15) is 5.75 Å². The molecule has 0 aromatic heterocycles. The first-order chi connectivity index (χ1) is 11.2. The SMILES string of the molecule is Cc1ccc(OCC(=O)Nc2cc(C(F)(F)F)ccc2Cl)c(Br)c1. The topological polar surface area (TPSA) is 38.3 Å². The molecule has 0 unspecified atom stereocenters. The van der Waals surface area contributed by atoms with Crippen LogP contribution in [0.3, 0.4) is 0 Å². The summed E-state index contributed by atoms with van der Waals surface area (Å²) in [4.78, 5) is 11.9. The Kier molecular flexibility index (Phi) is 5.77. The second kappa shape index (κ2) is 7.44. The Morgan fingerprint density at radius 2 is 1.96 bits per heavy atom. The fourth-order valence-electron chi connectivity index (χ4n) is 1.85. The molecule has 128 valence electrons. The molecule has 2 aromatic carbocycles. The van der Waals surface area contributed by atoms with Crippen LogP contribution in [-0.4, -0.2) is 12.5 Å². The van der Waals surface area contributed by atoms with Crippen LogP contribution in [0.2, 0.25) is 5.02 Å². The van der Waals surface area contributed by atoms with Crippen molar-refractivity contribution in [2.24, 2.45) is 0 Å². The minimum atomic E-state index is -4.52. The zero-order valence-electron chi connectivity index (χ0n) is 12.4. The van der Waals surface area contributed by atoms with E-state index in [1.165, 1.54) is 0 Å². The average molecular weight is 423 g/mol. The largest absolute Gasteiger partial charge is 0.483 e. The quantitative estimate of drug-likeness (QED) is 0.712. The van der Waals surface area contributed by atoms with Crippen LogP contribution in [0.15, 0.2) is 40.9 Å². The normalized spacial score (nSPS) is 11.2. The molecule has 24 heavy (non-hydrogen) atoms. The molecule has 2 aromatic rings. The van der Waals surface area contributed by atoms with Crippen molar-refractivity contribution in [1.82, 2.24) is 0 Å². The van der Waals surface area contributed by atoms with Crippen molar-refractivity contribution in [2.75, 3.05) is 11.9 Å². The van der Waals surface area contributed by atoms with E-state index >= 15 is 0 Å². The lowest BCUT2D eigenvalue weighted by Gasteiger charge is -2.12. The van der Waals surface area contributed by atoms with Crippen LogP contribution in [0.25, 0.3) is 0 Å². The van der Waals surface area contributed by atoms with Crippen LogP contribution < -0.4 is 10.1 Å². The van der Waals surface area contributed by atoms with Crippen LogP contribution in [-0.2, 0) is 11.0 Å². The molecule has 2 rings (SSSR count). The van der Waals surface area contributed by atoms with Gasteiger partial charge in [-0.2, -0.15) is 13.2 Å². The number of hydrogen-bond acceptors (Lipinski definition) is 2. The first kappa shape index (κ1) is 18.6. The lowest BCUT2D eigenvalue weighted by molar-refractivity contribution is -0.137. The molecule has 0 saturated heterocycles. The van der Waals surface area contributed by atoms with Gasteiger partial charge in [-0.05, 0) is 58.7 Å². The lowest BCUT2D eigenvalue weighted by Crippen LogP contribution is -2.21. The minimum absolute atomic E-state index is 0.00728. The Morgan fingerprint density at radius 3 is 2.58 bits per heavy atom. The van der Waals surface area contributed by atoms with Crippen molar-refractivity contribution in [3.63, 3.8) is 0 Å². The van der Waals surface area contributed by atoms with Gasteiger partial charge in [0.15, 0.2) is 6.61 Å². The number of nitrogens with one attached hydrogen (secondary N) is 1. The zero-order chi connectivity index (χ0) is 17.9. The molecule has 0 aliphatic carbocycles. The number of rotatable bonds is 4. The van der Waals surface area contributed by atoms with Crippen LogP contribution >= 0.6 is 27.5 Å². The molecule has 0 atom stereocenters. The van der Waals surface area contributed by atoms with E-state index in [1.54, 1.807) is 6.07 Å². The molecule has 0 heterocycles. The molecule has 1 N–H and O–H groups in total. The fourth-order valence-corrected chi connectivity index (χ4v) is 2.62. The second-order valence-corrected chi connectivity index (χ2v) is 6.22. The molecule has 0 bridgehead atoms. The highest BCUT2D eigenvalue weighted by Gasteiger charge is 2.31. The Morgan fingerprint density at radius 1 is 1.25 bits per heavy atom. The van der Waals surface area contributed by atoms with E-state index in [-0.39, 0.29) is 17.3 Å². The molecule has 0 saturated carbocycles. The van der Waals surface area contributed by atoms with Gasteiger partial charge in [-0.15, -0.1) is 0 Å². The first-order valence-corrected chi connectivity index (χ1v) is 7.89. The summed E-state index contributed by atoms with van der Waals surface area (Å²) in [6.07, 6.45) is -4.52. The van der Waals surface area contributed by atoms with E-state index in [0.29, 0.717) is 10.2 Å². The predicted molar refractivity (Wildman–Crippen MR) is 89.5 cm³/mol.